The summed E-state index contributed by atoms with van der Waals surface area (Å²) >= 11 is 0. The Labute approximate surface area is 142 Å². The zero-order chi connectivity index (χ0) is 17.9. The van der Waals surface area contributed by atoms with Crippen LogP contribution in [0.5, 0.6) is 0 Å². The molecule has 0 radical (unpaired) electrons. The summed E-state index contributed by atoms with van der Waals surface area (Å²) in [4.78, 5) is 26.1. The third kappa shape index (κ3) is 4.26. The van der Waals surface area contributed by atoms with Crippen LogP contribution in [0.25, 0.3) is 0 Å². The van der Waals surface area contributed by atoms with Gasteiger partial charge in [0.25, 0.3) is 0 Å². The predicted molar refractivity (Wildman–Crippen MR) is 91.8 cm³/mol. The number of aryl methyl sites for hydroxylation is 1. The molecule has 1 aliphatic rings. The van der Waals surface area contributed by atoms with Gasteiger partial charge >= 0.3 is 6.09 Å². The van der Waals surface area contributed by atoms with Crippen molar-refractivity contribution in [3.63, 3.8) is 0 Å². The Morgan fingerprint density at radius 3 is 2.75 bits per heavy atom. The number of rotatable bonds is 4. The lowest BCUT2D eigenvalue weighted by Gasteiger charge is -2.24. The van der Waals surface area contributed by atoms with Crippen molar-refractivity contribution in [2.24, 2.45) is 5.92 Å². The molecule has 1 heterocycles. The smallest absolute Gasteiger partial charge is 0.410 e. The average molecular weight is 334 g/mol. The van der Waals surface area contributed by atoms with Gasteiger partial charge in [0.2, 0.25) is 5.91 Å². The van der Waals surface area contributed by atoms with Crippen LogP contribution in [-0.2, 0) is 9.53 Å². The largest absolute Gasteiger partial charge is 0.449 e. The lowest BCUT2D eigenvalue weighted by atomic mass is 10.1. The number of benzene rings is 1. The highest BCUT2D eigenvalue weighted by Crippen LogP contribution is 2.23. The number of ether oxygens (including phenoxy) is 1. The fourth-order valence-electron chi connectivity index (χ4n) is 2.69. The van der Waals surface area contributed by atoms with Crippen LogP contribution in [0, 0.1) is 19.8 Å². The first-order chi connectivity index (χ1) is 11.3. The molecule has 0 aromatic heterocycles. The van der Waals surface area contributed by atoms with Gasteiger partial charge in [-0.2, -0.15) is 0 Å². The van der Waals surface area contributed by atoms with Gasteiger partial charge in [-0.15, -0.1) is 0 Å². The summed E-state index contributed by atoms with van der Waals surface area (Å²) < 4.78 is 5.21. The van der Waals surface area contributed by atoms with E-state index in [-0.39, 0.29) is 31.4 Å². The number of nitrogens with zero attached hydrogens (tertiary/aromatic N) is 1. The number of hydrogen-bond acceptors (Lipinski definition) is 4. The molecule has 2 rings (SSSR count). The Morgan fingerprint density at radius 2 is 2.08 bits per heavy atom. The van der Waals surface area contributed by atoms with Crippen molar-refractivity contribution in [2.45, 2.75) is 46.3 Å². The second kappa shape index (κ2) is 7.66. The third-order valence-electron chi connectivity index (χ3n) is 4.22. The van der Waals surface area contributed by atoms with Crippen molar-refractivity contribution in [3.8, 4) is 0 Å². The van der Waals surface area contributed by atoms with E-state index in [0.717, 1.165) is 16.8 Å². The summed E-state index contributed by atoms with van der Waals surface area (Å²) in [6.45, 7) is 8.19. The molecule has 0 bridgehead atoms. The molecule has 1 aromatic carbocycles. The fraction of sp³-hybridized carbons (Fsp3) is 0.556. The molecular weight excluding hydrogens is 308 g/mol. The van der Waals surface area contributed by atoms with Crippen molar-refractivity contribution >= 4 is 17.7 Å². The van der Waals surface area contributed by atoms with Crippen LogP contribution in [-0.4, -0.2) is 47.3 Å². The number of nitrogens with one attached hydrogen (secondary N) is 1. The summed E-state index contributed by atoms with van der Waals surface area (Å²) in [6.07, 6.45) is -1.06. The monoisotopic (exact) mass is 334 g/mol. The maximum absolute atomic E-state index is 12.6. The van der Waals surface area contributed by atoms with Gasteiger partial charge in [-0.25, -0.2) is 4.79 Å². The highest BCUT2D eigenvalue weighted by Gasteiger charge is 2.40. The van der Waals surface area contributed by atoms with E-state index >= 15 is 0 Å². The summed E-state index contributed by atoms with van der Waals surface area (Å²) in [5, 5.41) is 12.7. The van der Waals surface area contributed by atoms with Gasteiger partial charge in [0.05, 0.1) is 19.3 Å². The average Bonchev–Trinajstić information content (AvgIpc) is 2.91. The SMILES string of the molecule is Cc1cccc(NC(=O)[C@H]2C[C@@H](O)CN2C(=O)OCC(C)C)c1C. The maximum atomic E-state index is 12.6. The van der Waals surface area contributed by atoms with Crippen LogP contribution in [0.3, 0.4) is 0 Å². The van der Waals surface area contributed by atoms with Crippen LogP contribution < -0.4 is 5.32 Å². The number of amides is 2. The van der Waals surface area contributed by atoms with Crippen LogP contribution in [0.2, 0.25) is 0 Å². The minimum Gasteiger partial charge on any atom is -0.449 e. The number of hydrogen-bond donors (Lipinski definition) is 2. The minimum atomic E-state index is -0.723. The molecule has 132 valence electrons. The van der Waals surface area contributed by atoms with Gasteiger partial charge in [0.1, 0.15) is 6.04 Å². The molecule has 2 atom stereocenters. The Hall–Kier alpha value is -2.08. The van der Waals surface area contributed by atoms with Crippen molar-refractivity contribution < 1.29 is 19.4 Å². The molecule has 2 amide bonds. The topological polar surface area (TPSA) is 78.9 Å². The molecule has 0 spiro atoms. The molecule has 0 aliphatic carbocycles. The Bertz CT molecular complexity index is 615. The van der Waals surface area contributed by atoms with E-state index in [0.29, 0.717) is 0 Å². The number of likely N-dealkylation sites (tertiary alicyclic amines) is 1. The van der Waals surface area contributed by atoms with E-state index in [2.05, 4.69) is 5.32 Å². The lowest BCUT2D eigenvalue weighted by Crippen LogP contribution is -2.43. The van der Waals surface area contributed by atoms with Crippen LogP contribution in [0.15, 0.2) is 18.2 Å². The summed E-state index contributed by atoms with van der Waals surface area (Å²) in [5.41, 5.74) is 2.78. The van der Waals surface area contributed by atoms with E-state index in [1.165, 1.54) is 4.90 Å². The summed E-state index contributed by atoms with van der Waals surface area (Å²) in [7, 11) is 0. The molecule has 6 heteroatoms. The van der Waals surface area contributed by atoms with E-state index in [4.69, 9.17) is 4.74 Å². The standard InChI is InChI=1S/C18H26N2O4/c1-11(2)10-24-18(23)20-9-14(21)8-16(20)17(22)19-15-7-5-6-12(3)13(15)4/h5-7,11,14,16,21H,8-10H2,1-4H3,(H,19,22)/t14-,16-/m1/s1. The molecule has 6 nitrogen and oxygen atoms in total. The minimum absolute atomic E-state index is 0.113. The van der Waals surface area contributed by atoms with Gasteiger partial charge in [-0.1, -0.05) is 26.0 Å². The van der Waals surface area contributed by atoms with Crippen molar-refractivity contribution in [2.75, 3.05) is 18.5 Å². The van der Waals surface area contributed by atoms with Gasteiger partial charge < -0.3 is 15.2 Å². The zero-order valence-corrected chi connectivity index (χ0v) is 14.7. The highest BCUT2D eigenvalue weighted by molar-refractivity contribution is 5.97. The summed E-state index contributed by atoms with van der Waals surface area (Å²) in [5.74, 6) is -0.0922. The summed E-state index contributed by atoms with van der Waals surface area (Å²) in [6, 6.07) is 4.95. The number of carbonyl (C=O) groups excluding carboxylic acids is 2. The van der Waals surface area contributed by atoms with Gasteiger partial charge in [-0.05, 0) is 37.0 Å². The molecule has 1 aromatic rings. The van der Waals surface area contributed by atoms with Crippen LogP contribution in [0.1, 0.15) is 31.4 Å². The molecule has 2 N–H and O–H groups in total. The lowest BCUT2D eigenvalue weighted by molar-refractivity contribution is -0.120. The van der Waals surface area contributed by atoms with E-state index < -0.39 is 18.2 Å². The number of aliphatic hydroxyl groups is 1. The second-order valence-corrected chi connectivity index (χ2v) is 6.77. The van der Waals surface area contributed by atoms with E-state index in [9.17, 15) is 14.7 Å². The molecule has 24 heavy (non-hydrogen) atoms. The first kappa shape index (κ1) is 18.3. The number of aliphatic hydroxyl groups excluding tert-OH is 1. The highest BCUT2D eigenvalue weighted by atomic mass is 16.6. The number of anilines is 1. The first-order valence-electron chi connectivity index (χ1n) is 8.28. The maximum Gasteiger partial charge on any atom is 0.410 e. The van der Waals surface area contributed by atoms with Crippen molar-refractivity contribution in [1.29, 1.82) is 0 Å². The van der Waals surface area contributed by atoms with E-state index in [1.54, 1.807) is 0 Å². The van der Waals surface area contributed by atoms with Gasteiger partial charge in [0.15, 0.2) is 0 Å². The Kier molecular flexibility index (Phi) is 5.83. The normalized spacial score (nSPS) is 20.3. The quantitative estimate of drug-likeness (QED) is 0.886. The number of β-amino-alcohol motifs (C(OH)–C–C–N with tert-alkyl or cyclic N) is 1. The molecule has 0 saturated carbocycles. The Morgan fingerprint density at radius 1 is 1.38 bits per heavy atom. The van der Waals surface area contributed by atoms with Crippen molar-refractivity contribution in [3.05, 3.63) is 29.3 Å². The van der Waals surface area contributed by atoms with Gasteiger partial charge in [-0.3, -0.25) is 9.69 Å². The van der Waals surface area contributed by atoms with Gasteiger partial charge in [0, 0.05) is 12.1 Å². The van der Waals surface area contributed by atoms with Crippen LogP contribution >= 0.6 is 0 Å². The fourth-order valence-corrected chi connectivity index (χ4v) is 2.69. The molecular formula is C18H26N2O4. The van der Waals surface area contributed by atoms with E-state index in [1.807, 2.05) is 45.9 Å². The first-order valence-corrected chi connectivity index (χ1v) is 8.28. The van der Waals surface area contributed by atoms with Crippen LogP contribution in [0.4, 0.5) is 10.5 Å². The third-order valence-corrected chi connectivity index (χ3v) is 4.22. The molecule has 1 fully saturated rings. The molecule has 0 unspecified atom stereocenters. The number of carbonyl (C=O) groups is 2. The molecule has 1 aliphatic heterocycles. The molecule has 1 saturated heterocycles. The zero-order valence-electron chi connectivity index (χ0n) is 14.7. The predicted octanol–water partition coefficient (Wildman–Crippen LogP) is 2.47. The van der Waals surface area contributed by atoms with Crippen molar-refractivity contribution in [1.82, 2.24) is 4.90 Å². The second-order valence-electron chi connectivity index (χ2n) is 6.77. The Balaban J connectivity index is 2.08.